The molecule has 0 bridgehead atoms. The van der Waals surface area contributed by atoms with Gasteiger partial charge in [0.25, 0.3) is 0 Å². The van der Waals surface area contributed by atoms with Crippen LogP contribution in [0.1, 0.15) is 29.7 Å². The van der Waals surface area contributed by atoms with Gasteiger partial charge in [0.15, 0.2) is 6.20 Å². The van der Waals surface area contributed by atoms with E-state index < -0.39 is 5.97 Å². The minimum Gasteiger partial charge on any atom is -0.494 e. The monoisotopic (exact) mass is 409 g/mol. The lowest BCUT2D eigenvalue weighted by Crippen LogP contribution is -2.39. The minimum absolute atomic E-state index is 0.248. The van der Waals surface area contributed by atoms with Crippen molar-refractivity contribution in [1.29, 1.82) is 0 Å². The molecule has 1 aromatic heterocycles. The van der Waals surface area contributed by atoms with Crippen LogP contribution in [-0.2, 0) is 29.4 Å². The Labute approximate surface area is 177 Å². The topological polar surface area (TPSA) is 58.2 Å². The fourth-order valence-electron chi connectivity index (χ4n) is 4.55. The Kier molecular flexibility index (Phi) is 5.61. The van der Waals surface area contributed by atoms with Gasteiger partial charge in [0, 0.05) is 43.5 Å². The lowest BCUT2D eigenvalue weighted by atomic mass is 9.90. The average Bonchev–Trinajstić information content (AvgIpc) is 2.77. The lowest BCUT2D eigenvalue weighted by Gasteiger charge is -2.38. The van der Waals surface area contributed by atoms with Crippen molar-refractivity contribution in [2.45, 2.75) is 25.7 Å². The molecule has 0 aliphatic carbocycles. The number of nitrogens with zero attached hydrogens (tertiary/aromatic N) is 4. The molecule has 7 nitrogen and oxygen atoms in total. The van der Waals surface area contributed by atoms with E-state index in [0.717, 1.165) is 50.2 Å². The molecular weight excluding hydrogens is 380 g/mol. The summed E-state index contributed by atoms with van der Waals surface area (Å²) in [5.74, 6) is 0.362. The number of hydrogen-bond donors (Lipinski definition) is 0. The Bertz CT molecular complexity index is 1000. The summed E-state index contributed by atoms with van der Waals surface area (Å²) in [5.41, 5.74) is 5.73. The van der Waals surface area contributed by atoms with Gasteiger partial charge in [0.1, 0.15) is 18.5 Å². The number of aromatic nitrogens is 1. The fourth-order valence-corrected chi connectivity index (χ4v) is 4.55. The molecule has 0 atom stereocenters. The number of aryl methyl sites for hydroxylation is 2. The number of esters is 1. The van der Waals surface area contributed by atoms with E-state index in [9.17, 15) is 4.79 Å². The summed E-state index contributed by atoms with van der Waals surface area (Å²) in [5, 5.41) is 6.42. The average molecular weight is 410 g/mol. The van der Waals surface area contributed by atoms with E-state index >= 15 is 0 Å². The smallest absolute Gasteiger partial charge is 0.365 e. The van der Waals surface area contributed by atoms with Crippen LogP contribution in [0.2, 0.25) is 0 Å². The zero-order chi connectivity index (χ0) is 21.3. The highest BCUT2D eigenvalue weighted by Gasteiger charge is 2.30. The first-order valence-electron chi connectivity index (χ1n) is 10.4. The maximum Gasteiger partial charge on any atom is 0.365 e. The van der Waals surface area contributed by atoms with Crippen LogP contribution in [-0.4, -0.2) is 46.0 Å². The van der Waals surface area contributed by atoms with Gasteiger partial charge in [-0.2, -0.15) is 9.67 Å². The molecule has 2 aliphatic rings. The number of hydrogen-bond acceptors (Lipinski definition) is 6. The zero-order valence-electron chi connectivity index (χ0n) is 18.1. The Hall–Kier alpha value is -3.09. The number of ether oxygens (including phenoxy) is 2. The van der Waals surface area contributed by atoms with Crippen LogP contribution in [0.3, 0.4) is 0 Å². The first-order valence-corrected chi connectivity index (χ1v) is 10.4. The molecule has 158 valence electrons. The Morgan fingerprint density at radius 1 is 1.20 bits per heavy atom. The van der Waals surface area contributed by atoms with E-state index in [4.69, 9.17) is 9.47 Å². The Morgan fingerprint density at radius 3 is 2.67 bits per heavy atom. The van der Waals surface area contributed by atoms with Gasteiger partial charge >= 0.3 is 5.97 Å². The quantitative estimate of drug-likeness (QED) is 0.328. The maximum absolute atomic E-state index is 12.6. The van der Waals surface area contributed by atoms with Gasteiger partial charge in [0.05, 0.1) is 14.2 Å². The van der Waals surface area contributed by atoms with Crippen molar-refractivity contribution in [3.05, 3.63) is 47.3 Å². The second-order valence-corrected chi connectivity index (χ2v) is 7.77. The number of carbonyl (C=O) groups excluding carboxylic acids is 1. The summed E-state index contributed by atoms with van der Waals surface area (Å²) in [6.07, 6.45) is 6.19. The van der Waals surface area contributed by atoms with Crippen molar-refractivity contribution < 1.29 is 18.8 Å². The predicted molar refractivity (Wildman–Crippen MR) is 116 cm³/mol. The number of rotatable bonds is 5. The van der Waals surface area contributed by atoms with Gasteiger partial charge in [-0.15, -0.1) is 0 Å². The number of methoxy groups -OCH3 is 2. The molecule has 0 spiro atoms. The molecule has 0 saturated carbocycles. The van der Waals surface area contributed by atoms with E-state index in [1.54, 1.807) is 12.1 Å². The van der Waals surface area contributed by atoms with E-state index in [1.165, 1.54) is 23.9 Å². The third-order valence-corrected chi connectivity index (χ3v) is 5.93. The Morgan fingerprint density at radius 2 is 1.97 bits per heavy atom. The maximum atomic E-state index is 12.6. The highest BCUT2D eigenvalue weighted by atomic mass is 16.5. The number of hydrazone groups is 1. The van der Waals surface area contributed by atoms with Crippen molar-refractivity contribution in [1.82, 2.24) is 0 Å². The second-order valence-electron chi connectivity index (χ2n) is 7.77. The number of benzene rings is 1. The summed E-state index contributed by atoms with van der Waals surface area (Å²) >= 11 is 0. The molecule has 0 saturated heterocycles. The number of pyridine rings is 1. The van der Waals surface area contributed by atoms with E-state index in [0.29, 0.717) is 5.69 Å². The van der Waals surface area contributed by atoms with Crippen LogP contribution in [0.5, 0.6) is 5.75 Å². The van der Waals surface area contributed by atoms with E-state index in [1.807, 2.05) is 43.1 Å². The first-order chi connectivity index (χ1) is 14.5. The SMILES string of the molecule is COC(=O)/C(=N\N(C)c1cc2c3c(c1OC)CCCN3CCC2)c1cccc[n+]1C. The van der Waals surface area contributed by atoms with Crippen LogP contribution in [0.4, 0.5) is 11.4 Å². The highest BCUT2D eigenvalue weighted by Crippen LogP contribution is 2.45. The fraction of sp³-hybridized carbons (Fsp3) is 0.435. The van der Waals surface area contributed by atoms with Crippen LogP contribution >= 0.6 is 0 Å². The third kappa shape index (κ3) is 3.49. The van der Waals surface area contributed by atoms with Gasteiger partial charge in [0.2, 0.25) is 11.4 Å². The zero-order valence-corrected chi connectivity index (χ0v) is 18.1. The highest BCUT2D eigenvalue weighted by molar-refractivity contribution is 6.42. The summed E-state index contributed by atoms with van der Waals surface area (Å²) in [6, 6.07) is 7.81. The van der Waals surface area contributed by atoms with Gasteiger partial charge in [-0.3, -0.25) is 5.01 Å². The predicted octanol–water partition coefficient (Wildman–Crippen LogP) is 2.23. The third-order valence-electron chi connectivity index (χ3n) is 5.93. The molecule has 1 aromatic carbocycles. The molecule has 0 N–H and O–H groups in total. The summed E-state index contributed by atoms with van der Waals surface area (Å²) in [6.45, 7) is 2.21. The molecular formula is C23H29N4O3+. The molecule has 0 fully saturated rings. The summed E-state index contributed by atoms with van der Waals surface area (Å²) in [4.78, 5) is 15.0. The summed E-state index contributed by atoms with van der Waals surface area (Å²) in [7, 11) is 6.82. The normalized spacial score (nSPS) is 15.5. The van der Waals surface area contributed by atoms with Crippen molar-refractivity contribution in [2.24, 2.45) is 12.1 Å². The van der Waals surface area contributed by atoms with Crippen molar-refractivity contribution in [2.75, 3.05) is 44.3 Å². The van der Waals surface area contributed by atoms with Crippen LogP contribution < -0.4 is 19.2 Å². The van der Waals surface area contributed by atoms with Crippen LogP contribution in [0, 0.1) is 0 Å². The van der Waals surface area contributed by atoms with E-state index in [-0.39, 0.29) is 5.71 Å². The molecule has 2 aromatic rings. The van der Waals surface area contributed by atoms with Gasteiger partial charge in [-0.25, -0.2) is 4.79 Å². The molecule has 3 heterocycles. The molecule has 0 radical (unpaired) electrons. The van der Waals surface area contributed by atoms with E-state index in [2.05, 4.69) is 16.1 Å². The van der Waals surface area contributed by atoms with Crippen molar-refractivity contribution in [3.8, 4) is 5.75 Å². The lowest BCUT2D eigenvalue weighted by molar-refractivity contribution is -0.672. The molecule has 7 heteroatoms. The van der Waals surface area contributed by atoms with Gasteiger partial charge in [-0.05, 0) is 43.4 Å². The first kappa shape index (κ1) is 20.2. The van der Waals surface area contributed by atoms with Crippen LogP contribution in [0.25, 0.3) is 0 Å². The minimum atomic E-state index is -0.479. The molecule has 2 aliphatic heterocycles. The molecule has 30 heavy (non-hydrogen) atoms. The molecule has 0 amide bonds. The largest absolute Gasteiger partial charge is 0.494 e. The molecule has 4 rings (SSSR count). The number of carbonyl (C=O) groups is 1. The molecule has 0 unspecified atom stereocenters. The van der Waals surface area contributed by atoms with Crippen molar-refractivity contribution in [3.63, 3.8) is 0 Å². The van der Waals surface area contributed by atoms with Crippen LogP contribution in [0.15, 0.2) is 35.6 Å². The summed E-state index contributed by atoms with van der Waals surface area (Å²) < 4.78 is 12.8. The standard InChI is InChI=1S/C23H29N4O3/c1-25-12-6-5-11-18(25)20(23(28)30-4)24-26(2)19-15-16-9-7-13-27-14-8-10-17(21(16)27)22(19)29-3/h5-6,11-12,15H,7-10,13-14H2,1-4H3/q+1. The van der Waals surface area contributed by atoms with Gasteiger partial charge < -0.3 is 14.4 Å². The Balaban J connectivity index is 1.83. The number of anilines is 2. The van der Waals surface area contributed by atoms with Crippen molar-refractivity contribution >= 4 is 23.1 Å². The second kappa shape index (κ2) is 8.34. The van der Waals surface area contributed by atoms with Gasteiger partial charge in [-0.1, -0.05) is 0 Å².